The zero-order valence-electron chi connectivity index (χ0n) is 12.9. The van der Waals surface area contributed by atoms with Crippen molar-refractivity contribution >= 4 is 23.3 Å². The van der Waals surface area contributed by atoms with E-state index in [9.17, 15) is 0 Å². The fourth-order valence-electron chi connectivity index (χ4n) is 3.20. The highest BCUT2D eigenvalue weighted by atomic mass is 14.2. The Morgan fingerprint density at radius 3 is 1.30 bits per heavy atom. The average Bonchev–Trinajstić information content (AvgIpc) is 2.95. The minimum absolute atomic E-state index is 0.989. The molecular formula is C23H18. The Kier molecular flexibility index (Phi) is 3.65. The van der Waals surface area contributed by atoms with Crippen molar-refractivity contribution in [2.24, 2.45) is 0 Å². The van der Waals surface area contributed by atoms with Crippen LogP contribution in [0.5, 0.6) is 0 Å². The lowest BCUT2D eigenvalue weighted by molar-refractivity contribution is 1.53. The summed E-state index contributed by atoms with van der Waals surface area (Å²) >= 11 is 0. The molecule has 0 saturated carbocycles. The molecule has 0 radical (unpaired) electrons. The smallest absolute Gasteiger partial charge is 0.00130 e. The summed E-state index contributed by atoms with van der Waals surface area (Å²) in [7, 11) is 0. The Bertz CT molecular complexity index is 794. The van der Waals surface area contributed by atoms with Crippen molar-refractivity contribution in [3.63, 3.8) is 0 Å². The Labute approximate surface area is 137 Å². The normalized spacial score (nSPS) is 16.7. The number of allylic oxidation sites excluding steroid dienone is 2. The first-order chi connectivity index (χ1) is 11.4. The van der Waals surface area contributed by atoms with Gasteiger partial charge in [0.25, 0.3) is 0 Å². The SMILES string of the molecule is C(=C1\C/C(=C\c2ccccc2)c2ccccc21)/c1ccccc1. The molecule has 0 heterocycles. The minimum Gasteiger partial charge on any atom is -0.0622 e. The molecule has 0 heteroatoms. The van der Waals surface area contributed by atoms with Crippen LogP contribution in [0.1, 0.15) is 28.7 Å². The lowest BCUT2D eigenvalue weighted by Gasteiger charge is -2.00. The van der Waals surface area contributed by atoms with E-state index in [0.717, 1.165) is 6.42 Å². The molecule has 0 bridgehead atoms. The fourth-order valence-corrected chi connectivity index (χ4v) is 3.20. The third-order valence-electron chi connectivity index (χ3n) is 4.28. The van der Waals surface area contributed by atoms with E-state index in [-0.39, 0.29) is 0 Å². The monoisotopic (exact) mass is 294 g/mol. The van der Waals surface area contributed by atoms with Crippen LogP contribution in [-0.2, 0) is 0 Å². The summed E-state index contributed by atoms with van der Waals surface area (Å²) in [6.07, 6.45) is 5.61. The van der Waals surface area contributed by atoms with Gasteiger partial charge in [0.1, 0.15) is 0 Å². The van der Waals surface area contributed by atoms with Gasteiger partial charge >= 0.3 is 0 Å². The Balaban J connectivity index is 1.78. The van der Waals surface area contributed by atoms with Gasteiger partial charge in [-0.3, -0.25) is 0 Å². The van der Waals surface area contributed by atoms with E-state index in [1.54, 1.807) is 0 Å². The van der Waals surface area contributed by atoms with Crippen molar-refractivity contribution in [1.82, 2.24) is 0 Å². The van der Waals surface area contributed by atoms with E-state index in [0.29, 0.717) is 0 Å². The van der Waals surface area contributed by atoms with Crippen molar-refractivity contribution in [3.8, 4) is 0 Å². The van der Waals surface area contributed by atoms with Gasteiger partial charge < -0.3 is 0 Å². The molecule has 4 rings (SSSR count). The van der Waals surface area contributed by atoms with Gasteiger partial charge in [-0.15, -0.1) is 0 Å². The molecule has 110 valence electrons. The first-order valence-corrected chi connectivity index (χ1v) is 8.01. The molecule has 0 saturated heterocycles. The second-order valence-corrected chi connectivity index (χ2v) is 5.88. The van der Waals surface area contributed by atoms with Crippen LogP contribution in [0.15, 0.2) is 84.9 Å². The second-order valence-electron chi connectivity index (χ2n) is 5.88. The molecule has 23 heavy (non-hydrogen) atoms. The van der Waals surface area contributed by atoms with Gasteiger partial charge in [-0.2, -0.15) is 0 Å². The van der Waals surface area contributed by atoms with Crippen LogP contribution in [0.2, 0.25) is 0 Å². The van der Waals surface area contributed by atoms with E-state index >= 15 is 0 Å². The molecule has 3 aromatic rings. The molecule has 0 aromatic heterocycles. The molecule has 0 unspecified atom stereocenters. The zero-order valence-corrected chi connectivity index (χ0v) is 12.9. The highest BCUT2D eigenvalue weighted by Gasteiger charge is 2.20. The molecule has 1 aliphatic rings. The minimum atomic E-state index is 0.989. The number of benzene rings is 3. The van der Waals surface area contributed by atoms with E-state index in [4.69, 9.17) is 0 Å². The van der Waals surface area contributed by atoms with Crippen molar-refractivity contribution in [2.45, 2.75) is 6.42 Å². The Morgan fingerprint density at radius 2 is 0.870 bits per heavy atom. The molecule has 0 nitrogen and oxygen atoms in total. The van der Waals surface area contributed by atoms with Crippen LogP contribution in [0.25, 0.3) is 23.3 Å². The first kappa shape index (κ1) is 13.8. The summed E-state index contributed by atoms with van der Waals surface area (Å²) in [5.74, 6) is 0. The fraction of sp³-hybridized carbons (Fsp3) is 0.0435. The third-order valence-corrected chi connectivity index (χ3v) is 4.28. The highest BCUT2D eigenvalue weighted by molar-refractivity contribution is 6.02. The highest BCUT2D eigenvalue weighted by Crippen LogP contribution is 2.42. The van der Waals surface area contributed by atoms with E-state index < -0.39 is 0 Å². The van der Waals surface area contributed by atoms with Crippen molar-refractivity contribution in [3.05, 3.63) is 107 Å². The summed E-state index contributed by atoms with van der Waals surface area (Å²) in [4.78, 5) is 0. The molecule has 0 N–H and O–H groups in total. The van der Waals surface area contributed by atoms with Crippen LogP contribution < -0.4 is 0 Å². The standard InChI is InChI=1S/C23H18/c1-3-9-18(10-4-1)15-20-17-21(16-19-11-5-2-6-12-19)23-14-8-7-13-22(20)23/h1-16H,17H2/b20-15-,21-16+. The topological polar surface area (TPSA) is 0 Å². The molecule has 0 aliphatic heterocycles. The Morgan fingerprint density at radius 1 is 0.478 bits per heavy atom. The molecule has 3 aromatic carbocycles. The van der Waals surface area contributed by atoms with Crippen LogP contribution >= 0.6 is 0 Å². The third kappa shape index (κ3) is 2.89. The number of fused-ring (bicyclic) bond motifs is 1. The van der Waals surface area contributed by atoms with Gasteiger partial charge in [0, 0.05) is 0 Å². The van der Waals surface area contributed by atoms with Crippen molar-refractivity contribution < 1.29 is 0 Å². The summed E-state index contributed by atoms with van der Waals surface area (Å²) in [5.41, 5.74) is 8.04. The summed E-state index contributed by atoms with van der Waals surface area (Å²) in [6, 6.07) is 29.9. The predicted octanol–water partition coefficient (Wildman–Crippen LogP) is 6.17. The Hall–Kier alpha value is -2.86. The lowest BCUT2D eigenvalue weighted by Crippen LogP contribution is -1.80. The maximum Gasteiger partial charge on any atom is -0.00130 e. The number of rotatable bonds is 2. The van der Waals surface area contributed by atoms with Crippen LogP contribution in [0.4, 0.5) is 0 Å². The quantitative estimate of drug-likeness (QED) is 0.530. The van der Waals surface area contributed by atoms with Crippen molar-refractivity contribution in [1.29, 1.82) is 0 Å². The second kappa shape index (κ2) is 6.10. The maximum absolute atomic E-state index is 2.31. The maximum atomic E-state index is 2.31. The van der Waals surface area contributed by atoms with Crippen LogP contribution in [0.3, 0.4) is 0 Å². The van der Waals surface area contributed by atoms with Gasteiger partial charge in [0.15, 0.2) is 0 Å². The first-order valence-electron chi connectivity index (χ1n) is 8.01. The molecule has 0 atom stereocenters. The van der Waals surface area contributed by atoms with E-state index in [2.05, 4.69) is 97.1 Å². The number of hydrogen-bond donors (Lipinski definition) is 0. The zero-order chi connectivity index (χ0) is 15.5. The average molecular weight is 294 g/mol. The largest absolute Gasteiger partial charge is 0.0622 e. The lowest BCUT2D eigenvalue weighted by atomic mass is 10.0. The summed E-state index contributed by atoms with van der Waals surface area (Å²) < 4.78 is 0. The van der Waals surface area contributed by atoms with E-state index in [1.165, 1.54) is 33.4 Å². The molecule has 0 amide bonds. The van der Waals surface area contributed by atoms with Gasteiger partial charge in [0.2, 0.25) is 0 Å². The van der Waals surface area contributed by atoms with Gasteiger partial charge in [0.05, 0.1) is 0 Å². The molecule has 0 fully saturated rings. The summed E-state index contributed by atoms with van der Waals surface area (Å²) in [5, 5.41) is 0. The van der Waals surface area contributed by atoms with Crippen molar-refractivity contribution in [2.75, 3.05) is 0 Å². The summed E-state index contributed by atoms with van der Waals surface area (Å²) in [6.45, 7) is 0. The van der Waals surface area contributed by atoms with Gasteiger partial charge in [-0.1, -0.05) is 97.1 Å². The number of hydrogen-bond acceptors (Lipinski definition) is 0. The van der Waals surface area contributed by atoms with Gasteiger partial charge in [-0.05, 0) is 39.8 Å². The van der Waals surface area contributed by atoms with Crippen LogP contribution in [-0.4, -0.2) is 0 Å². The van der Waals surface area contributed by atoms with Crippen LogP contribution in [0, 0.1) is 0 Å². The van der Waals surface area contributed by atoms with Gasteiger partial charge in [-0.25, -0.2) is 0 Å². The predicted molar refractivity (Wildman–Crippen MR) is 99.7 cm³/mol. The molecular weight excluding hydrogens is 276 g/mol. The molecule has 0 spiro atoms. The molecule has 1 aliphatic carbocycles. The van der Waals surface area contributed by atoms with E-state index in [1.807, 2.05) is 0 Å².